The van der Waals surface area contributed by atoms with Crippen LogP contribution in [0.5, 0.6) is 0 Å². The van der Waals surface area contributed by atoms with Crippen molar-refractivity contribution in [3.63, 3.8) is 0 Å². The summed E-state index contributed by atoms with van der Waals surface area (Å²) in [7, 11) is 0. The summed E-state index contributed by atoms with van der Waals surface area (Å²) in [6, 6.07) is -0.743. The van der Waals surface area contributed by atoms with Gasteiger partial charge in [0.1, 0.15) is 10.9 Å². The first-order valence-corrected chi connectivity index (χ1v) is 10.4. The minimum absolute atomic E-state index is 0.0828. The smallest absolute Gasteiger partial charge is 0.326 e. The average Bonchev–Trinajstić information content (AvgIpc) is 3.06. The van der Waals surface area contributed by atoms with Crippen LogP contribution in [0.25, 0.3) is 10.2 Å². The first-order valence-electron chi connectivity index (χ1n) is 9.58. The molecule has 0 aromatic carbocycles. The fraction of sp³-hybridized carbons (Fsp3) is 0.579. The highest BCUT2D eigenvalue weighted by atomic mass is 32.1. The van der Waals surface area contributed by atoms with Crippen LogP contribution in [-0.2, 0) is 29.0 Å². The zero-order chi connectivity index (χ0) is 19.0. The van der Waals surface area contributed by atoms with Gasteiger partial charge in [-0.1, -0.05) is 0 Å². The molecule has 144 valence electrons. The molecule has 2 aromatic heterocycles. The molecule has 2 aliphatic rings. The summed E-state index contributed by atoms with van der Waals surface area (Å²) < 4.78 is 1.50. The molecule has 8 heteroatoms. The molecule has 1 fully saturated rings. The van der Waals surface area contributed by atoms with Gasteiger partial charge >= 0.3 is 5.97 Å². The molecule has 0 spiro atoms. The van der Waals surface area contributed by atoms with Crippen LogP contribution in [0.2, 0.25) is 0 Å². The van der Waals surface area contributed by atoms with Gasteiger partial charge in [0.25, 0.3) is 5.56 Å². The number of nitrogens with zero attached hydrogens (tertiary/aromatic N) is 3. The maximum Gasteiger partial charge on any atom is 0.326 e. The average molecular weight is 389 g/mol. The number of hydrogen-bond donors (Lipinski definition) is 1. The van der Waals surface area contributed by atoms with E-state index < -0.39 is 12.0 Å². The topological polar surface area (TPSA) is 92.5 Å². The second kappa shape index (κ2) is 7.42. The van der Waals surface area contributed by atoms with Crippen LogP contribution >= 0.6 is 11.3 Å². The van der Waals surface area contributed by atoms with Crippen molar-refractivity contribution in [1.29, 1.82) is 0 Å². The van der Waals surface area contributed by atoms with Gasteiger partial charge in [0, 0.05) is 24.4 Å². The maximum atomic E-state index is 12.9. The zero-order valence-corrected chi connectivity index (χ0v) is 16.0. The molecule has 3 heterocycles. The van der Waals surface area contributed by atoms with Crippen LogP contribution in [-0.4, -0.2) is 44.0 Å². The Hall–Kier alpha value is -2.22. The van der Waals surface area contributed by atoms with Gasteiger partial charge in [-0.25, -0.2) is 9.78 Å². The number of carbonyl (C=O) groups excluding carboxylic acids is 1. The second-order valence-corrected chi connectivity index (χ2v) is 8.40. The highest BCUT2D eigenvalue weighted by Gasteiger charge is 2.31. The quantitative estimate of drug-likeness (QED) is 0.865. The van der Waals surface area contributed by atoms with E-state index in [9.17, 15) is 19.5 Å². The molecule has 1 atom stereocenters. The Balaban J connectivity index is 1.53. The molecule has 0 saturated carbocycles. The van der Waals surface area contributed by atoms with Crippen LogP contribution in [0.4, 0.5) is 0 Å². The fourth-order valence-electron chi connectivity index (χ4n) is 4.19. The summed E-state index contributed by atoms with van der Waals surface area (Å²) in [6.07, 6.45) is 7.96. The predicted octanol–water partition coefficient (Wildman–Crippen LogP) is 2.19. The molecule has 1 N–H and O–H groups in total. The van der Waals surface area contributed by atoms with Gasteiger partial charge in [-0.15, -0.1) is 11.3 Å². The molecule has 4 rings (SSSR count). The van der Waals surface area contributed by atoms with Crippen LogP contribution in [0.1, 0.15) is 49.0 Å². The molecular formula is C19H23N3O4S. The number of aliphatic carboxylic acids is 1. The summed E-state index contributed by atoms with van der Waals surface area (Å²) in [6.45, 7) is 0.702. The van der Waals surface area contributed by atoms with Crippen LogP contribution < -0.4 is 5.56 Å². The predicted molar refractivity (Wildman–Crippen MR) is 102 cm³/mol. The van der Waals surface area contributed by atoms with Crippen molar-refractivity contribution in [2.75, 3.05) is 6.54 Å². The van der Waals surface area contributed by atoms with Crippen molar-refractivity contribution in [1.82, 2.24) is 14.5 Å². The van der Waals surface area contributed by atoms with Crippen molar-refractivity contribution < 1.29 is 14.7 Å². The van der Waals surface area contributed by atoms with Gasteiger partial charge in [-0.2, -0.15) is 0 Å². The second-order valence-electron chi connectivity index (χ2n) is 7.32. The van der Waals surface area contributed by atoms with Crippen molar-refractivity contribution >= 4 is 33.4 Å². The Morgan fingerprint density at radius 2 is 2.04 bits per heavy atom. The molecule has 1 amide bonds. The molecular weight excluding hydrogens is 366 g/mol. The molecule has 0 radical (unpaired) electrons. The summed E-state index contributed by atoms with van der Waals surface area (Å²) in [5.41, 5.74) is 1.06. The van der Waals surface area contributed by atoms with E-state index in [1.54, 1.807) is 11.3 Å². The number of aryl methyl sites for hydroxylation is 3. The van der Waals surface area contributed by atoms with Gasteiger partial charge in [-0.05, 0) is 50.5 Å². The molecule has 1 saturated heterocycles. The lowest BCUT2D eigenvalue weighted by atomic mass is 9.97. The Labute approximate surface area is 160 Å². The van der Waals surface area contributed by atoms with E-state index in [2.05, 4.69) is 4.98 Å². The largest absolute Gasteiger partial charge is 0.480 e. The SMILES string of the molecule is O=C(O)C1CCCCN1C(=O)CCn1cnc2sc3c(c2c1=O)CCCC3. The number of carboxylic acids is 1. The standard InChI is InChI=1S/C19H23N3O4S/c23-15(22-9-4-3-6-13(22)19(25)26)8-10-21-11-20-17-16(18(21)24)12-5-1-2-7-14(12)27-17/h11,13H,1-10H2,(H,25,26). The number of hydrogen-bond acceptors (Lipinski definition) is 5. The zero-order valence-electron chi connectivity index (χ0n) is 15.1. The number of aromatic nitrogens is 2. The lowest BCUT2D eigenvalue weighted by Crippen LogP contribution is -2.48. The molecule has 1 aliphatic heterocycles. The normalized spacial score (nSPS) is 19.9. The molecule has 0 bridgehead atoms. The first kappa shape index (κ1) is 18.2. The van der Waals surface area contributed by atoms with Crippen LogP contribution in [0.3, 0.4) is 0 Å². The van der Waals surface area contributed by atoms with Gasteiger partial charge < -0.3 is 10.0 Å². The van der Waals surface area contributed by atoms with E-state index in [1.165, 1.54) is 20.7 Å². The third-order valence-corrected chi connectivity index (χ3v) is 6.82. The molecule has 7 nitrogen and oxygen atoms in total. The molecule has 27 heavy (non-hydrogen) atoms. The van der Waals surface area contributed by atoms with Gasteiger partial charge in [-0.3, -0.25) is 14.2 Å². The minimum atomic E-state index is -0.951. The third kappa shape index (κ3) is 3.38. The lowest BCUT2D eigenvalue weighted by molar-refractivity contribution is -0.152. The molecule has 1 unspecified atom stereocenters. The van der Waals surface area contributed by atoms with E-state index in [0.29, 0.717) is 18.4 Å². The number of carbonyl (C=O) groups is 2. The van der Waals surface area contributed by atoms with Gasteiger partial charge in [0.2, 0.25) is 5.91 Å². The summed E-state index contributed by atoms with van der Waals surface area (Å²) in [5, 5.41) is 10.1. The summed E-state index contributed by atoms with van der Waals surface area (Å²) in [5.74, 6) is -1.16. The number of piperidine rings is 1. The number of fused-ring (bicyclic) bond motifs is 3. The number of rotatable bonds is 4. The van der Waals surface area contributed by atoms with Crippen LogP contribution in [0, 0.1) is 0 Å². The van der Waals surface area contributed by atoms with E-state index in [4.69, 9.17) is 0 Å². The van der Waals surface area contributed by atoms with E-state index in [-0.39, 0.29) is 24.4 Å². The monoisotopic (exact) mass is 389 g/mol. The van der Waals surface area contributed by atoms with Crippen molar-refractivity contribution in [2.24, 2.45) is 0 Å². The van der Waals surface area contributed by atoms with Crippen molar-refractivity contribution in [3.05, 3.63) is 27.1 Å². The Morgan fingerprint density at radius 1 is 1.22 bits per heavy atom. The number of thiophene rings is 1. The number of carboxylic acid groups (broad SMARTS) is 1. The molecule has 2 aromatic rings. The summed E-state index contributed by atoms with van der Waals surface area (Å²) >= 11 is 1.61. The van der Waals surface area contributed by atoms with Crippen molar-refractivity contribution in [2.45, 2.75) is 64.0 Å². The fourth-order valence-corrected chi connectivity index (χ4v) is 5.41. The first-order chi connectivity index (χ1) is 13.1. The maximum absolute atomic E-state index is 12.9. The van der Waals surface area contributed by atoms with Crippen molar-refractivity contribution in [3.8, 4) is 0 Å². The van der Waals surface area contributed by atoms with E-state index in [1.807, 2.05) is 0 Å². The van der Waals surface area contributed by atoms with E-state index in [0.717, 1.165) is 48.9 Å². The minimum Gasteiger partial charge on any atom is -0.480 e. The highest BCUT2D eigenvalue weighted by Crippen LogP contribution is 2.33. The van der Waals surface area contributed by atoms with E-state index >= 15 is 0 Å². The number of amides is 1. The third-order valence-electron chi connectivity index (χ3n) is 5.62. The Morgan fingerprint density at radius 3 is 2.85 bits per heavy atom. The molecule has 1 aliphatic carbocycles. The highest BCUT2D eigenvalue weighted by molar-refractivity contribution is 7.18. The van der Waals surface area contributed by atoms with Crippen LogP contribution in [0.15, 0.2) is 11.1 Å². The number of likely N-dealkylation sites (tertiary alicyclic amines) is 1. The van der Waals surface area contributed by atoms with Gasteiger partial charge in [0.05, 0.1) is 11.7 Å². The van der Waals surface area contributed by atoms with Gasteiger partial charge in [0.15, 0.2) is 0 Å². The summed E-state index contributed by atoms with van der Waals surface area (Å²) in [4.78, 5) is 44.9. The Kier molecular flexibility index (Phi) is 4.99. The lowest BCUT2D eigenvalue weighted by Gasteiger charge is -2.33. The Bertz CT molecular complexity index is 948.